The van der Waals surface area contributed by atoms with Crippen molar-refractivity contribution in [2.75, 3.05) is 7.05 Å². The van der Waals surface area contributed by atoms with Gasteiger partial charge in [0, 0.05) is 7.05 Å². The molecule has 0 aliphatic rings. The molecule has 1 aromatic carbocycles. The maximum atomic E-state index is 2.24. The first-order valence-electron chi connectivity index (χ1n) is 5.60. The highest BCUT2D eigenvalue weighted by Gasteiger charge is 2.07. The van der Waals surface area contributed by atoms with E-state index in [1.807, 2.05) is 0 Å². The molecule has 0 N–H and O–H groups in total. The molecule has 0 aromatic heterocycles. The van der Waals surface area contributed by atoms with E-state index in [9.17, 15) is 0 Å². The summed E-state index contributed by atoms with van der Waals surface area (Å²) in [7, 11) is 2.12. The molecule has 1 atom stereocenters. The molecule has 1 rings (SSSR count). The zero-order valence-corrected chi connectivity index (χ0v) is 10.2. The van der Waals surface area contributed by atoms with Crippen molar-refractivity contribution in [1.29, 1.82) is 0 Å². The fourth-order valence-corrected chi connectivity index (χ4v) is 1.48. The second-order valence-electron chi connectivity index (χ2n) is 4.05. The van der Waals surface area contributed by atoms with E-state index in [0.717, 1.165) is 6.42 Å². The summed E-state index contributed by atoms with van der Waals surface area (Å²) < 4.78 is 0. The van der Waals surface area contributed by atoms with Crippen LogP contribution in [0.15, 0.2) is 36.5 Å². The van der Waals surface area contributed by atoms with E-state index < -0.39 is 0 Å². The van der Waals surface area contributed by atoms with Crippen LogP contribution < -0.4 is 0 Å². The molecular weight excluding hydrogens is 182 g/mol. The molecule has 0 aliphatic carbocycles. The third kappa shape index (κ3) is 3.43. The molecule has 0 saturated heterocycles. The van der Waals surface area contributed by atoms with Crippen molar-refractivity contribution in [3.63, 3.8) is 0 Å². The number of allylic oxidation sites excluding steroid dienone is 1. The lowest BCUT2D eigenvalue weighted by atomic mass is 10.1. The fraction of sp³-hybridized carbons (Fsp3) is 0.429. The van der Waals surface area contributed by atoms with Crippen LogP contribution in [0.1, 0.15) is 37.4 Å². The third-order valence-corrected chi connectivity index (χ3v) is 2.75. The van der Waals surface area contributed by atoms with Crippen molar-refractivity contribution >= 4 is 0 Å². The fourth-order valence-electron chi connectivity index (χ4n) is 1.48. The smallest absolute Gasteiger partial charge is 0.0505 e. The normalized spacial score (nSPS) is 13.1. The van der Waals surface area contributed by atoms with Crippen LogP contribution in [0.3, 0.4) is 0 Å². The van der Waals surface area contributed by atoms with Gasteiger partial charge in [0.05, 0.1) is 6.04 Å². The molecule has 0 amide bonds. The first kappa shape index (κ1) is 11.8. The molecular formula is C14H21N. The predicted molar refractivity (Wildman–Crippen MR) is 66.8 cm³/mol. The average molecular weight is 203 g/mol. The van der Waals surface area contributed by atoms with Gasteiger partial charge >= 0.3 is 0 Å². The second-order valence-corrected chi connectivity index (χ2v) is 4.05. The zero-order valence-electron chi connectivity index (χ0n) is 10.2. The van der Waals surface area contributed by atoms with Crippen LogP contribution in [0.5, 0.6) is 0 Å². The Labute approximate surface area is 93.4 Å². The van der Waals surface area contributed by atoms with Gasteiger partial charge in [-0.3, -0.25) is 0 Å². The Hall–Kier alpha value is -1.24. The molecule has 1 nitrogen and oxygen atoms in total. The third-order valence-electron chi connectivity index (χ3n) is 2.75. The number of aryl methyl sites for hydroxylation is 1. The summed E-state index contributed by atoms with van der Waals surface area (Å²) in [6.07, 6.45) is 5.43. The molecule has 0 heterocycles. The van der Waals surface area contributed by atoms with Crippen LogP contribution in [0.4, 0.5) is 0 Å². The van der Waals surface area contributed by atoms with Crippen molar-refractivity contribution < 1.29 is 0 Å². The Morgan fingerprint density at radius 3 is 2.40 bits per heavy atom. The Kier molecular flexibility index (Phi) is 4.41. The van der Waals surface area contributed by atoms with Gasteiger partial charge in [-0.2, -0.15) is 0 Å². The summed E-state index contributed by atoms with van der Waals surface area (Å²) >= 11 is 0. The van der Waals surface area contributed by atoms with Gasteiger partial charge in [-0.25, -0.2) is 0 Å². The van der Waals surface area contributed by atoms with Gasteiger partial charge in [-0.05, 0) is 32.0 Å². The lowest BCUT2D eigenvalue weighted by molar-refractivity contribution is 0.360. The topological polar surface area (TPSA) is 3.24 Å². The number of hydrogen-bond acceptors (Lipinski definition) is 1. The largest absolute Gasteiger partial charge is 0.374 e. The van der Waals surface area contributed by atoms with Crippen LogP contribution in [-0.4, -0.2) is 11.9 Å². The molecule has 0 aliphatic heterocycles. The summed E-state index contributed by atoms with van der Waals surface area (Å²) in [5.74, 6) is 0. The monoisotopic (exact) mass is 203 g/mol. The van der Waals surface area contributed by atoms with Crippen LogP contribution in [0.25, 0.3) is 0 Å². The van der Waals surface area contributed by atoms with E-state index in [1.54, 1.807) is 0 Å². The summed E-state index contributed by atoms with van der Waals surface area (Å²) in [5, 5.41) is 0. The van der Waals surface area contributed by atoms with Crippen LogP contribution in [0.2, 0.25) is 0 Å². The number of benzene rings is 1. The zero-order chi connectivity index (χ0) is 11.3. The lowest BCUT2D eigenvalue weighted by Gasteiger charge is -2.23. The van der Waals surface area contributed by atoms with Gasteiger partial charge < -0.3 is 4.90 Å². The predicted octanol–water partition coefficient (Wildman–Crippen LogP) is 3.91. The van der Waals surface area contributed by atoms with Crippen LogP contribution >= 0.6 is 0 Å². The SMILES string of the molecule is CC/C=C/N(C)C(C)c1ccc(C)cc1. The van der Waals surface area contributed by atoms with E-state index in [1.165, 1.54) is 11.1 Å². The quantitative estimate of drug-likeness (QED) is 0.717. The van der Waals surface area contributed by atoms with E-state index in [-0.39, 0.29) is 0 Å². The lowest BCUT2D eigenvalue weighted by Crippen LogP contribution is -2.15. The van der Waals surface area contributed by atoms with Gasteiger partial charge in [0.1, 0.15) is 0 Å². The van der Waals surface area contributed by atoms with Gasteiger partial charge in [0.25, 0.3) is 0 Å². The Balaban J connectivity index is 2.71. The summed E-state index contributed by atoms with van der Waals surface area (Å²) in [4.78, 5) is 2.24. The second kappa shape index (κ2) is 5.59. The molecule has 15 heavy (non-hydrogen) atoms. The van der Waals surface area contributed by atoms with Gasteiger partial charge in [-0.1, -0.05) is 42.8 Å². The maximum Gasteiger partial charge on any atom is 0.0505 e. The van der Waals surface area contributed by atoms with Crippen molar-refractivity contribution in [3.8, 4) is 0 Å². The minimum Gasteiger partial charge on any atom is -0.374 e. The minimum atomic E-state index is 0.438. The van der Waals surface area contributed by atoms with Crippen molar-refractivity contribution in [1.82, 2.24) is 4.90 Å². The summed E-state index contributed by atoms with van der Waals surface area (Å²) in [6, 6.07) is 9.19. The van der Waals surface area contributed by atoms with E-state index >= 15 is 0 Å². The average Bonchev–Trinajstić information content (AvgIpc) is 2.26. The first-order valence-corrected chi connectivity index (χ1v) is 5.60. The number of rotatable bonds is 4. The van der Waals surface area contributed by atoms with E-state index in [4.69, 9.17) is 0 Å². The standard InChI is InChI=1S/C14H21N/c1-5-6-11-15(4)13(3)14-9-7-12(2)8-10-14/h6-11,13H,5H2,1-4H3/b11-6+. The molecule has 1 unspecified atom stereocenters. The van der Waals surface area contributed by atoms with Crippen LogP contribution in [-0.2, 0) is 0 Å². The minimum absolute atomic E-state index is 0.438. The first-order chi connectivity index (χ1) is 7.15. The molecule has 0 spiro atoms. The van der Waals surface area contributed by atoms with Crippen molar-refractivity contribution in [3.05, 3.63) is 47.7 Å². The molecule has 0 saturated carbocycles. The van der Waals surface area contributed by atoms with Crippen LogP contribution in [0, 0.1) is 6.92 Å². The van der Waals surface area contributed by atoms with Gasteiger partial charge in [0.15, 0.2) is 0 Å². The molecule has 1 aromatic rings. The summed E-state index contributed by atoms with van der Waals surface area (Å²) in [6.45, 7) is 6.50. The highest BCUT2D eigenvalue weighted by molar-refractivity contribution is 5.24. The summed E-state index contributed by atoms with van der Waals surface area (Å²) in [5.41, 5.74) is 2.68. The number of nitrogens with zero attached hydrogens (tertiary/aromatic N) is 1. The Morgan fingerprint density at radius 1 is 1.27 bits per heavy atom. The van der Waals surface area contributed by atoms with Gasteiger partial charge in [-0.15, -0.1) is 0 Å². The molecule has 1 heteroatoms. The molecule has 0 radical (unpaired) electrons. The van der Waals surface area contributed by atoms with Crippen molar-refractivity contribution in [2.45, 2.75) is 33.2 Å². The van der Waals surface area contributed by atoms with Gasteiger partial charge in [0.2, 0.25) is 0 Å². The molecule has 0 bridgehead atoms. The highest BCUT2D eigenvalue weighted by Crippen LogP contribution is 2.19. The van der Waals surface area contributed by atoms with E-state index in [2.05, 4.69) is 69.3 Å². The van der Waals surface area contributed by atoms with E-state index in [0.29, 0.717) is 6.04 Å². The van der Waals surface area contributed by atoms with Crippen molar-refractivity contribution in [2.24, 2.45) is 0 Å². The molecule has 82 valence electrons. The Bertz CT molecular complexity index is 311. The Morgan fingerprint density at radius 2 is 1.87 bits per heavy atom. The maximum absolute atomic E-state index is 2.24. The highest BCUT2D eigenvalue weighted by atomic mass is 15.1. The molecule has 0 fully saturated rings. The number of hydrogen-bond donors (Lipinski definition) is 0.